The average Bonchev–Trinajstić information content (AvgIpc) is 3.35. The van der Waals surface area contributed by atoms with Crippen LogP contribution in [-0.2, 0) is 10.0 Å². The lowest BCUT2D eigenvalue weighted by molar-refractivity contribution is 0.331. The number of sulfonamides is 1. The van der Waals surface area contributed by atoms with E-state index in [-0.39, 0.29) is 6.04 Å². The standard InChI is InChI=1S/C21H29N5O2S/c1-15-5-6-16-14-22-20(23-17-7-12-25(13-8-17)29(2,27)28)24-19(16)26(15)18-4-3-9-21(18)10-11-21/h5-6,14,17-18H,1,3-4,7-13H2,2H3,(H,22,23,24). The molecule has 1 saturated heterocycles. The summed E-state index contributed by atoms with van der Waals surface area (Å²) in [6.07, 6.45) is 15.2. The SMILES string of the molecule is C=C1C=Cc2cnc(NC3CCN(S(C)(=O)=O)CC3)nc2N1C1CCCC12CC2. The number of aromatic nitrogens is 2. The Kier molecular flexibility index (Phi) is 4.47. The van der Waals surface area contributed by atoms with Gasteiger partial charge in [0, 0.05) is 42.6 Å². The van der Waals surface area contributed by atoms with Gasteiger partial charge >= 0.3 is 0 Å². The monoisotopic (exact) mass is 415 g/mol. The summed E-state index contributed by atoms with van der Waals surface area (Å²) in [4.78, 5) is 11.8. The van der Waals surface area contributed by atoms with Crippen LogP contribution in [0, 0.1) is 5.41 Å². The Labute approximate surface area is 173 Å². The zero-order valence-electron chi connectivity index (χ0n) is 17.0. The van der Waals surface area contributed by atoms with Crippen molar-refractivity contribution in [3.8, 4) is 0 Å². The fourth-order valence-electron chi connectivity index (χ4n) is 5.29. The molecule has 4 aliphatic rings. The van der Waals surface area contributed by atoms with Crippen molar-refractivity contribution >= 4 is 27.9 Å². The number of anilines is 2. The van der Waals surface area contributed by atoms with Gasteiger partial charge in [-0.1, -0.05) is 13.0 Å². The Morgan fingerprint density at radius 2 is 1.93 bits per heavy atom. The Morgan fingerprint density at radius 1 is 1.17 bits per heavy atom. The molecule has 1 aromatic heterocycles. The van der Waals surface area contributed by atoms with Crippen molar-refractivity contribution in [1.29, 1.82) is 0 Å². The Hall–Kier alpha value is -1.93. The smallest absolute Gasteiger partial charge is 0.224 e. The fraction of sp³-hybridized carbons (Fsp3) is 0.619. The maximum atomic E-state index is 11.7. The van der Waals surface area contributed by atoms with Gasteiger partial charge < -0.3 is 10.2 Å². The van der Waals surface area contributed by atoms with E-state index >= 15 is 0 Å². The first-order valence-electron chi connectivity index (χ1n) is 10.6. The van der Waals surface area contributed by atoms with Crippen molar-refractivity contribution in [3.63, 3.8) is 0 Å². The number of fused-ring (bicyclic) bond motifs is 1. The largest absolute Gasteiger partial charge is 0.351 e. The second-order valence-corrected chi connectivity index (χ2v) is 11.0. The molecule has 0 amide bonds. The number of nitrogens with one attached hydrogen (secondary N) is 1. The molecule has 1 unspecified atom stereocenters. The maximum absolute atomic E-state index is 11.7. The first kappa shape index (κ1) is 19.1. The maximum Gasteiger partial charge on any atom is 0.224 e. The molecule has 0 radical (unpaired) electrons. The minimum absolute atomic E-state index is 0.183. The highest BCUT2D eigenvalue weighted by Gasteiger charge is 2.55. The van der Waals surface area contributed by atoms with Gasteiger partial charge in [0.1, 0.15) is 5.82 Å². The summed E-state index contributed by atoms with van der Waals surface area (Å²) in [6, 6.07) is 0.669. The highest BCUT2D eigenvalue weighted by atomic mass is 32.2. The van der Waals surface area contributed by atoms with Gasteiger partial charge in [-0.05, 0) is 56.1 Å². The van der Waals surface area contributed by atoms with Crippen LogP contribution < -0.4 is 10.2 Å². The number of nitrogens with zero attached hydrogens (tertiary/aromatic N) is 4. The number of hydrogen-bond donors (Lipinski definition) is 1. The normalized spacial score (nSPS) is 26.7. The van der Waals surface area contributed by atoms with E-state index < -0.39 is 10.0 Å². The average molecular weight is 416 g/mol. The van der Waals surface area contributed by atoms with Gasteiger partial charge in [0.2, 0.25) is 16.0 Å². The minimum Gasteiger partial charge on any atom is -0.351 e. The van der Waals surface area contributed by atoms with Crippen LogP contribution in [0.5, 0.6) is 0 Å². The van der Waals surface area contributed by atoms with Gasteiger partial charge in [0.25, 0.3) is 0 Å². The number of rotatable bonds is 4. The van der Waals surface area contributed by atoms with E-state index in [1.807, 2.05) is 6.20 Å². The molecule has 3 fully saturated rings. The molecule has 2 aliphatic heterocycles. The highest BCUT2D eigenvalue weighted by Crippen LogP contribution is 2.60. The first-order valence-corrected chi connectivity index (χ1v) is 12.5. The van der Waals surface area contributed by atoms with Crippen molar-refractivity contribution in [3.05, 3.63) is 30.1 Å². The van der Waals surface area contributed by atoms with E-state index in [2.05, 4.69) is 33.9 Å². The van der Waals surface area contributed by atoms with Crippen molar-refractivity contribution in [2.24, 2.45) is 5.41 Å². The van der Waals surface area contributed by atoms with Crippen LogP contribution in [-0.4, -0.2) is 54.1 Å². The zero-order valence-corrected chi connectivity index (χ0v) is 17.8. The van der Waals surface area contributed by atoms with Crippen LogP contribution >= 0.6 is 0 Å². The number of allylic oxidation sites excluding steroid dienone is 1. The van der Waals surface area contributed by atoms with E-state index in [9.17, 15) is 8.42 Å². The van der Waals surface area contributed by atoms with Gasteiger partial charge in [-0.15, -0.1) is 0 Å². The lowest BCUT2D eigenvalue weighted by atomic mass is 9.96. The van der Waals surface area contributed by atoms with Crippen molar-refractivity contribution in [2.45, 2.75) is 57.0 Å². The Bertz CT molecular complexity index is 961. The quantitative estimate of drug-likeness (QED) is 0.815. The molecule has 29 heavy (non-hydrogen) atoms. The lowest BCUT2D eigenvalue weighted by Crippen LogP contribution is -2.42. The summed E-state index contributed by atoms with van der Waals surface area (Å²) in [6.45, 7) is 5.38. The second-order valence-electron chi connectivity index (χ2n) is 9.02. The Morgan fingerprint density at radius 3 is 2.62 bits per heavy atom. The molecule has 5 rings (SSSR count). The summed E-state index contributed by atoms with van der Waals surface area (Å²) in [7, 11) is -3.11. The molecule has 156 valence electrons. The van der Waals surface area contributed by atoms with E-state index in [4.69, 9.17) is 4.98 Å². The predicted molar refractivity (Wildman–Crippen MR) is 115 cm³/mol. The molecule has 1 spiro atoms. The molecule has 0 bridgehead atoms. The lowest BCUT2D eigenvalue weighted by Gasteiger charge is -2.37. The summed E-state index contributed by atoms with van der Waals surface area (Å²) >= 11 is 0. The molecule has 0 aromatic carbocycles. The van der Waals surface area contributed by atoms with Crippen molar-refractivity contribution in [1.82, 2.24) is 14.3 Å². The van der Waals surface area contributed by atoms with Crippen LogP contribution in [0.15, 0.2) is 24.5 Å². The minimum atomic E-state index is -3.11. The van der Waals surface area contributed by atoms with E-state index in [0.717, 1.165) is 29.9 Å². The van der Waals surface area contributed by atoms with E-state index in [0.29, 0.717) is 30.5 Å². The Balaban J connectivity index is 1.35. The highest BCUT2D eigenvalue weighted by molar-refractivity contribution is 7.88. The van der Waals surface area contributed by atoms with Crippen LogP contribution in [0.3, 0.4) is 0 Å². The molecule has 8 heteroatoms. The summed E-state index contributed by atoms with van der Waals surface area (Å²) in [5, 5.41) is 3.44. The molecule has 1 N–H and O–H groups in total. The summed E-state index contributed by atoms with van der Waals surface area (Å²) < 4.78 is 25.0. The topological polar surface area (TPSA) is 78.4 Å². The second kappa shape index (κ2) is 6.80. The molecular formula is C21H29N5O2S. The third-order valence-electron chi connectivity index (χ3n) is 7.11. The molecule has 1 aromatic rings. The van der Waals surface area contributed by atoms with Gasteiger partial charge in [0.05, 0.1) is 6.26 Å². The third-order valence-corrected chi connectivity index (χ3v) is 8.41. The van der Waals surface area contributed by atoms with Gasteiger partial charge in [-0.2, -0.15) is 4.98 Å². The number of piperidine rings is 1. The fourth-order valence-corrected chi connectivity index (χ4v) is 6.17. The predicted octanol–water partition coefficient (Wildman–Crippen LogP) is 2.99. The molecule has 2 aliphatic carbocycles. The van der Waals surface area contributed by atoms with Gasteiger partial charge in [0.15, 0.2) is 0 Å². The summed E-state index contributed by atoms with van der Waals surface area (Å²) in [5.74, 6) is 1.58. The molecule has 3 heterocycles. The first-order chi connectivity index (χ1) is 13.9. The van der Waals surface area contributed by atoms with E-state index in [1.165, 1.54) is 38.4 Å². The molecule has 2 saturated carbocycles. The van der Waals surface area contributed by atoms with Gasteiger partial charge in [-0.3, -0.25) is 0 Å². The van der Waals surface area contributed by atoms with Crippen molar-refractivity contribution < 1.29 is 8.42 Å². The third kappa shape index (κ3) is 3.46. The van der Waals surface area contributed by atoms with Crippen molar-refractivity contribution in [2.75, 3.05) is 29.6 Å². The summed E-state index contributed by atoms with van der Waals surface area (Å²) in [5.41, 5.74) is 2.52. The van der Waals surface area contributed by atoms with Crippen LogP contribution in [0.2, 0.25) is 0 Å². The van der Waals surface area contributed by atoms with Gasteiger partial charge in [-0.25, -0.2) is 17.7 Å². The number of hydrogen-bond acceptors (Lipinski definition) is 6. The molecular weight excluding hydrogens is 386 g/mol. The zero-order chi connectivity index (χ0) is 20.2. The van der Waals surface area contributed by atoms with Crippen LogP contribution in [0.1, 0.15) is 50.5 Å². The molecule has 7 nitrogen and oxygen atoms in total. The molecule has 1 atom stereocenters. The van der Waals surface area contributed by atoms with Crippen LogP contribution in [0.25, 0.3) is 6.08 Å². The van der Waals surface area contributed by atoms with E-state index in [1.54, 1.807) is 4.31 Å². The van der Waals surface area contributed by atoms with Crippen LogP contribution in [0.4, 0.5) is 11.8 Å².